The predicted octanol–water partition coefficient (Wildman–Crippen LogP) is 13.7. The summed E-state index contributed by atoms with van der Waals surface area (Å²) in [4.78, 5) is 26.5. The SMILES string of the molecule is CC/C=C\C/C=C\C/C=C\C/C=C\C/C=C\CCCCCCCC(=O)OC1C(OCC(NC(=O)C(O)CCCCCC\C=C/C=C/C=C/CC)C(O)/C=C/CCCCCCCCCCCCC)OC(CO)C(O)C1O. The molecule has 75 heavy (non-hydrogen) atoms. The van der Waals surface area contributed by atoms with Crippen LogP contribution in [0.3, 0.4) is 0 Å². The number of aliphatic hydroxyl groups excluding tert-OH is 5. The monoisotopic (exact) mass is 1050 g/mol. The number of hydrogen-bond donors (Lipinski definition) is 6. The molecule has 0 saturated carbocycles. The van der Waals surface area contributed by atoms with E-state index in [0.29, 0.717) is 12.8 Å². The van der Waals surface area contributed by atoms with Crippen molar-refractivity contribution < 1.29 is 49.3 Å². The van der Waals surface area contributed by atoms with E-state index in [9.17, 15) is 35.1 Å². The minimum absolute atomic E-state index is 0.0925. The molecule has 0 aromatic carbocycles. The molecule has 1 fully saturated rings. The molecular weight excluding hydrogens is 943 g/mol. The molecule has 428 valence electrons. The van der Waals surface area contributed by atoms with Crippen molar-refractivity contribution in [3.8, 4) is 0 Å². The first-order valence-electron chi connectivity index (χ1n) is 29.7. The van der Waals surface area contributed by atoms with Gasteiger partial charge in [-0.25, -0.2) is 0 Å². The van der Waals surface area contributed by atoms with Crippen molar-refractivity contribution in [3.05, 3.63) is 109 Å². The van der Waals surface area contributed by atoms with Gasteiger partial charge >= 0.3 is 5.97 Å². The zero-order chi connectivity index (χ0) is 54.7. The Morgan fingerprint density at radius 2 is 1.03 bits per heavy atom. The van der Waals surface area contributed by atoms with Crippen molar-refractivity contribution in [3.63, 3.8) is 0 Å². The number of hydrogen-bond acceptors (Lipinski definition) is 10. The number of esters is 1. The van der Waals surface area contributed by atoms with E-state index in [0.717, 1.165) is 122 Å². The van der Waals surface area contributed by atoms with Gasteiger partial charge in [0.25, 0.3) is 0 Å². The van der Waals surface area contributed by atoms with E-state index in [1.165, 1.54) is 51.4 Å². The lowest BCUT2D eigenvalue weighted by Gasteiger charge is -2.41. The van der Waals surface area contributed by atoms with E-state index in [2.05, 4.69) is 99.0 Å². The van der Waals surface area contributed by atoms with Gasteiger partial charge in [0.1, 0.15) is 24.4 Å². The van der Waals surface area contributed by atoms with Gasteiger partial charge in [-0.3, -0.25) is 9.59 Å². The number of carbonyl (C=O) groups excluding carboxylic acids is 2. The molecule has 1 aliphatic heterocycles. The Kier molecular flexibility index (Phi) is 47.2. The fourth-order valence-corrected chi connectivity index (χ4v) is 8.56. The molecule has 8 atom stereocenters. The van der Waals surface area contributed by atoms with Crippen LogP contribution in [0.4, 0.5) is 0 Å². The van der Waals surface area contributed by atoms with Crippen LogP contribution in [0.5, 0.6) is 0 Å². The first kappa shape index (κ1) is 69.3. The van der Waals surface area contributed by atoms with Crippen LogP contribution in [-0.4, -0.2) is 99.6 Å². The maximum atomic E-state index is 13.4. The van der Waals surface area contributed by atoms with Crippen molar-refractivity contribution in [1.29, 1.82) is 0 Å². The van der Waals surface area contributed by atoms with Gasteiger partial charge in [-0.1, -0.05) is 233 Å². The number of carbonyl (C=O) groups is 2. The number of aliphatic hydroxyl groups is 5. The maximum Gasteiger partial charge on any atom is 0.306 e. The van der Waals surface area contributed by atoms with E-state index in [4.69, 9.17) is 14.2 Å². The van der Waals surface area contributed by atoms with Crippen LogP contribution in [0.15, 0.2) is 109 Å². The van der Waals surface area contributed by atoms with Crippen LogP contribution in [0, 0.1) is 0 Å². The maximum absolute atomic E-state index is 13.4. The highest BCUT2D eigenvalue weighted by Gasteiger charge is 2.47. The molecule has 1 amide bonds. The Morgan fingerprint density at radius 3 is 1.59 bits per heavy atom. The van der Waals surface area contributed by atoms with Crippen LogP contribution < -0.4 is 5.32 Å². The lowest BCUT2D eigenvalue weighted by Crippen LogP contribution is -2.61. The third-order valence-electron chi connectivity index (χ3n) is 13.2. The second-order valence-electron chi connectivity index (χ2n) is 20.0. The average Bonchev–Trinajstić information content (AvgIpc) is 3.41. The molecule has 0 radical (unpaired) electrons. The quantitative estimate of drug-likeness (QED) is 0.0149. The van der Waals surface area contributed by atoms with Gasteiger partial charge in [0.2, 0.25) is 5.91 Å². The third-order valence-corrected chi connectivity index (χ3v) is 13.2. The summed E-state index contributed by atoms with van der Waals surface area (Å²) in [6, 6.07) is -1.04. The zero-order valence-electron chi connectivity index (χ0n) is 47.1. The molecular formula is C64H107NO10. The van der Waals surface area contributed by atoms with E-state index in [1.54, 1.807) is 6.08 Å². The first-order valence-corrected chi connectivity index (χ1v) is 29.7. The molecule has 0 aromatic rings. The summed E-state index contributed by atoms with van der Waals surface area (Å²) in [6.45, 7) is 5.49. The molecule has 8 unspecified atom stereocenters. The minimum Gasteiger partial charge on any atom is -0.454 e. The number of amides is 1. The Bertz CT molecular complexity index is 1630. The summed E-state index contributed by atoms with van der Waals surface area (Å²) < 4.78 is 17.6. The predicted molar refractivity (Wildman–Crippen MR) is 310 cm³/mol. The lowest BCUT2D eigenvalue weighted by molar-refractivity contribution is -0.305. The van der Waals surface area contributed by atoms with Crippen LogP contribution >= 0.6 is 0 Å². The molecule has 11 heteroatoms. The summed E-state index contributed by atoms with van der Waals surface area (Å²) in [5.41, 5.74) is 0. The van der Waals surface area contributed by atoms with Gasteiger partial charge in [0.15, 0.2) is 12.4 Å². The molecule has 0 bridgehead atoms. The largest absolute Gasteiger partial charge is 0.454 e. The normalized spacial score (nSPS) is 20.0. The van der Waals surface area contributed by atoms with Gasteiger partial charge in [0, 0.05) is 6.42 Å². The molecule has 0 aromatic heterocycles. The highest BCUT2D eigenvalue weighted by molar-refractivity contribution is 5.80. The van der Waals surface area contributed by atoms with Crippen LogP contribution in [0.25, 0.3) is 0 Å². The number of allylic oxidation sites excluding steroid dienone is 17. The Balaban J connectivity index is 2.72. The molecule has 1 rings (SSSR count). The van der Waals surface area contributed by atoms with Gasteiger partial charge in [-0.2, -0.15) is 0 Å². The highest BCUT2D eigenvalue weighted by atomic mass is 16.7. The number of unbranched alkanes of at least 4 members (excludes halogenated alkanes) is 20. The van der Waals surface area contributed by atoms with E-state index in [1.807, 2.05) is 30.4 Å². The second-order valence-corrected chi connectivity index (χ2v) is 20.0. The van der Waals surface area contributed by atoms with Crippen LogP contribution in [0.2, 0.25) is 0 Å². The van der Waals surface area contributed by atoms with Crippen LogP contribution in [0.1, 0.15) is 220 Å². The topological polar surface area (TPSA) is 175 Å². The molecule has 1 heterocycles. The van der Waals surface area contributed by atoms with Gasteiger partial charge in [-0.15, -0.1) is 0 Å². The first-order chi connectivity index (χ1) is 36.7. The number of rotatable bonds is 48. The number of nitrogens with one attached hydrogen (secondary N) is 1. The van der Waals surface area contributed by atoms with Gasteiger partial charge in [0.05, 0.1) is 25.4 Å². The zero-order valence-corrected chi connectivity index (χ0v) is 47.1. The van der Waals surface area contributed by atoms with Crippen molar-refractivity contribution in [2.45, 2.75) is 269 Å². The minimum atomic E-state index is -1.63. The summed E-state index contributed by atoms with van der Waals surface area (Å²) in [7, 11) is 0. The standard InChI is InChI=1S/C64H107NO10/c1-4-7-10-13-16-19-22-25-26-27-28-29-30-31-32-34-37-40-43-46-49-52-59(69)75-62-61(71)60(70)58(53-66)74-64(62)73-54-55(56(67)50-47-44-41-38-36-33-23-20-17-14-11-8-5-2)65-63(72)57(68)51-48-45-42-39-35-24-21-18-15-12-9-6-3/h7,9-10,12,15-16,18-19,21,24-26,28-29,31-32,47,50,55-58,60-62,64,66-68,70-71H,4-6,8,11,13-14,17,20,22-23,27,30,33-46,48-49,51-54H2,1-3H3,(H,65,72)/b10-7-,12-9+,18-15+,19-16-,24-21-,26-25-,29-28-,32-31-,50-47+. The molecule has 6 N–H and O–H groups in total. The fraction of sp³-hybridized carbons (Fsp3) is 0.688. The van der Waals surface area contributed by atoms with Crippen molar-refractivity contribution in [1.82, 2.24) is 5.32 Å². The smallest absolute Gasteiger partial charge is 0.306 e. The molecule has 1 saturated heterocycles. The van der Waals surface area contributed by atoms with Crippen LogP contribution in [-0.2, 0) is 23.8 Å². The molecule has 11 nitrogen and oxygen atoms in total. The lowest BCUT2D eigenvalue weighted by atomic mass is 9.99. The summed E-state index contributed by atoms with van der Waals surface area (Å²) >= 11 is 0. The Hall–Kier alpha value is -3.68. The van der Waals surface area contributed by atoms with Gasteiger partial charge in [-0.05, 0) is 89.9 Å². The Morgan fingerprint density at radius 1 is 0.547 bits per heavy atom. The van der Waals surface area contributed by atoms with Crippen molar-refractivity contribution >= 4 is 11.9 Å². The molecule has 1 aliphatic rings. The van der Waals surface area contributed by atoms with Gasteiger partial charge < -0.3 is 45.1 Å². The summed E-state index contributed by atoms with van der Waals surface area (Å²) in [6.07, 6.45) is 58.4. The third kappa shape index (κ3) is 39.4. The molecule has 0 aliphatic carbocycles. The van der Waals surface area contributed by atoms with Crippen molar-refractivity contribution in [2.24, 2.45) is 0 Å². The van der Waals surface area contributed by atoms with E-state index >= 15 is 0 Å². The Labute approximate surface area is 456 Å². The van der Waals surface area contributed by atoms with Crippen molar-refractivity contribution in [2.75, 3.05) is 13.2 Å². The summed E-state index contributed by atoms with van der Waals surface area (Å²) in [5.74, 6) is -1.24. The number of ether oxygens (including phenoxy) is 3. The van der Waals surface area contributed by atoms with E-state index in [-0.39, 0.29) is 19.4 Å². The summed E-state index contributed by atoms with van der Waals surface area (Å²) in [5, 5.41) is 56.8. The average molecular weight is 1050 g/mol. The second kappa shape index (κ2) is 51.1. The fourth-order valence-electron chi connectivity index (χ4n) is 8.56. The van der Waals surface area contributed by atoms with E-state index < -0.39 is 67.4 Å². The molecule has 0 spiro atoms. The highest BCUT2D eigenvalue weighted by Crippen LogP contribution is 2.26.